The van der Waals surface area contributed by atoms with Crippen molar-refractivity contribution in [1.29, 1.82) is 5.26 Å². The maximum absolute atomic E-state index is 9.22. The minimum Gasteiger partial charge on any atom is -0.192 e. The van der Waals surface area contributed by atoms with E-state index in [4.69, 9.17) is 0 Å². The summed E-state index contributed by atoms with van der Waals surface area (Å²) in [6.45, 7) is 4.06. The van der Waals surface area contributed by atoms with E-state index in [1.807, 2.05) is 44.2 Å². The molecule has 0 saturated heterocycles. The second-order valence-corrected chi connectivity index (χ2v) is 5.04. The van der Waals surface area contributed by atoms with E-state index in [0.29, 0.717) is 0 Å². The first kappa shape index (κ1) is 11.9. The first-order chi connectivity index (χ1) is 8.11. The standard InChI is InChI=1S/C15H12BrN/c1-10-7-11(2)15(13(8-10)9-17)12-3-5-14(16)6-4-12/h3-8H,1-2H3. The van der Waals surface area contributed by atoms with Gasteiger partial charge in [-0.05, 0) is 48.7 Å². The van der Waals surface area contributed by atoms with Gasteiger partial charge in [-0.1, -0.05) is 34.1 Å². The number of benzene rings is 2. The number of nitrogens with zero attached hydrogens (tertiary/aromatic N) is 1. The molecule has 0 heterocycles. The van der Waals surface area contributed by atoms with Gasteiger partial charge >= 0.3 is 0 Å². The third kappa shape index (κ3) is 2.40. The molecule has 0 aliphatic rings. The van der Waals surface area contributed by atoms with Gasteiger partial charge in [0, 0.05) is 10.0 Å². The SMILES string of the molecule is Cc1cc(C)c(-c2ccc(Br)cc2)c(C#N)c1. The zero-order valence-electron chi connectivity index (χ0n) is 9.79. The molecular formula is C15H12BrN. The highest BCUT2D eigenvalue weighted by molar-refractivity contribution is 9.10. The molecule has 0 fully saturated rings. The van der Waals surface area contributed by atoms with Gasteiger partial charge in [0.15, 0.2) is 0 Å². The third-order valence-electron chi connectivity index (χ3n) is 2.73. The van der Waals surface area contributed by atoms with Crippen molar-refractivity contribution in [1.82, 2.24) is 0 Å². The van der Waals surface area contributed by atoms with E-state index in [-0.39, 0.29) is 0 Å². The Kier molecular flexibility index (Phi) is 3.31. The van der Waals surface area contributed by atoms with Crippen LogP contribution in [0.5, 0.6) is 0 Å². The Morgan fingerprint density at radius 1 is 1.06 bits per heavy atom. The molecule has 2 rings (SSSR count). The summed E-state index contributed by atoms with van der Waals surface area (Å²) in [7, 11) is 0. The number of hydrogen-bond acceptors (Lipinski definition) is 1. The van der Waals surface area contributed by atoms with Crippen molar-refractivity contribution >= 4 is 15.9 Å². The minimum atomic E-state index is 0.741. The number of aryl methyl sites for hydroxylation is 2. The maximum Gasteiger partial charge on any atom is 0.0998 e. The summed E-state index contributed by atoms with van der Waals surface area (Å²) in [4.78, 5) is 0. The molecule has 0 amide bonds. The second kappa shape index (κ2) is 4.73. The number of halogens is 1. The highest BCUT2D eigenvalue weighted by atomic mass is 79.9. The van der Waals surface area contributed by atoms with Crippen molar-refractivity contribution in [2.75, 3.05) is 0 Å². The average Bonchev–Trinajstić information content (AvgIpc) is 2.30. The van der Waals surface area contributed by atoms with E-state index in [1.54, 1.807) is 0 Å². The van der Waals surface area contributed by atoms with E-state index in [2.05, 4.69) is 28.1 Å². The Morgan fingerprint density at radius 2 is 1.71 bits per heavy atom. The first-order valence-corrected chi connectivity index (χ1v) is 6.18. The van der Waals surface area contributed by atoms with Gasteiger partial charge in [0.2, 0.25) is 0 Å². The molecule has 0 N–H and O–H groups in total. The molecule has 0 unspecified atom stereocenters. The van der Waals surface area contributed by atoms with Gasteiger partial charge < -0.3 is 0 Å². The van der Waals surface area contributed by atoms with Crippen molar-refractivity contribution in [3.63, 3.8) is 0 Å². The van der Waals surface area contributed by atoms with Gasteiger partial charge in [0.1, 0.15) is 0 Å². The van der Waals surface area contributed by atoms with Crippen LogP contribution in [-0.4, -0.2) is 0 Å². The van der Waals surface area contributed by atoms with Crippen molar-refractivity contribution in [3.05, 3.63) is 57.6 Å². The molecular weight excluding hydrogens is 274 g/mol. The monoisotopic (exact) mass is 285 g/mol. The zero-order chi connectivity index (χ0) is 12.4. The van der Waals surface area contributed by atoms with Crippen LogP contribution >= 0.6 is 15.9 Å². The molecule has 0 aromatic heterocycles. The molecule has 0 saturated carbocycles. The van der Waals surface area contributed by atoms with Gasteiger partial charge in [-0.2, -0.15) is 5.26 Å². The molecule has 1 nitrogen and oxygen atoms in total. The van der Waals surface area contributed by atoms with Crippen LogP contribution in [0.4, 0.5) is 0 Å². The van der Waals surface area contributed by atoms with E-state index in [0.717, 1.165) is 32.3 Å². The highest BCUT2D eigenvalue weighted by Gasteiger charge is 2.08. The summed E-state index contributed by atoms with van der Waals surface area (Å²) >= 11 is 3.42. The summed E-state index contributed by atoms with van der Waals surface area (Å²) < 4.78 is 1.05. The molecule has 0 atom stereocenters. The lowest BCUT2D eigenvalue weighted by Crippen LogP contribution is -1.90. The van der Waals surface area contributed by atoms with Gasteiger partial charge in [-0.3, -0.25) is 0 Å². The molecule has 0 aliphatic carbocycles. The van der Waals surface area contributed by atoms with Crippen molar-refractivity contribution in [2.24, 2.45) is 0 Å². The lowest BCUT2D eigenvalue weighted by molar-refractivity contribution is 1.35. The lowest BCUT2D eigenvalue weighted by Gasteiger charge is -2.10. The fraction of sp³-hybridized carbons (Fsp3) is 0.133. The molecule has 0 spiro atoms. The van der Waals surface area contributed by atoms with Crippen molar-refractivity contribution < 1.29 is 0 Å². The van der Waals surface area contributed by atoms with Crippen molar-refractivity contribution in [3.8, 4) is 17.2 Å². The quantitative estimate of drug-likeness (QED) is 0.751. The molecule has 2 aromatic rings. The Labute approximate surface area is 110 Å². The highest BCUT2D eigenvalue weighted by Crippen LogP contribution is 2.29. The van der Waals surface area contributed by atoms with Crippen LogP contribution in [0, 0.1) is 25.2 Å². The molecule has 0 bridgehead atoms. The summed E-state index contributed by atoms with van der Waals surface area (Å²) in [5.74, 6) is 0. The molecule has 0 aliphatic heterocycles. The zero-order valence-corrected chi connectivity index (χ0v) is 11.4. The Hall–Kier alpha value is -1.59. The van der Waals surface area contributed by atoms with Gasteiger partial charge in [0.25, 0.3) is 0 Å². The van der Waals surface area contributed by atoms with Crippen LogP contribution in [-0.2, 0) is 0 Å². The second-order valence-electron chi connectivity index (χ2n) is 4.12. The topological polar surface area (TPSA) is 23.8 Å². The Morgan fingerprint density at radius 3 is 2.29 bits per heavy atom. The predicted octanol–water partition coefficient (Wildman–Crippen LogP) is 4.60. The largest absolute Gasteiger partial charge is 0.192 e. The molecule has 2 heteroatoms. The van der Waals surface area contributed by atoms with Crippen LogP contribution in [0.3, 0.4) is 0 Å². The van der Waals surface area contributed by atoms with E-state index in [1.165, 1.54) is 0 Å². The van der Waals surface area contributed by atoms with Crippen LogP contribution in [0.15, 0.2) is 40.9 Å². The van der Waals surface area contributed by atoms with Gasteiger partial charge in [-0.15, -0.1) is 0 Å². The molecule has 84 valence electrons. The number of hydrogen-bond donors (Lipinski definition) is 0. The maximum atomic E-state index is 9.22. The van der Waals surface area contributed by atoms with Crippen molar-refractivity contribution in [2.45, 2.75) is 13.8 Å². The summed E-state index contributed by atoms with van der Waals surface area (Å²) in [5, 5.41) is 9.22. The van der Waals surface area contributed by atoms with Gasteiger partial charge in [-0.25, -0.2) is 0 Å². The first-order valence-electron chi connectivity index (χ1n) is 5.39. The summed E-state index contributed by atoms with van der Waals surface area (Å²) in [6.07, 6.45) is 0. The van der Waals surface area contributed by atoms with Crippen LogP contribution in [0.25, 0.3) is 11.1 Å². The number of rotatable bonds is 1. The summed E-state index contributed by atoms with van der Waals surface area (Å²) in [5.41, 5.74) is 5.13. The fourth-order valence-electron chi connectivity index (χ4n) is 2.06. The Bertz CT molecular complexity index is 592. The number of nitriles is 1. The molecule has 2 aromatic carbocycles. The van der Waals surface area contributed by atoms with Crippen LogP contribution < -0.4 is 0 Å². The van der Waals surface area contributed by atoms with Gasteiger partial charge in [0.05, 0.1) is 11.6 Å². The smallest absolute Gasteiger partial charge is 0.0998 e. The average molecular weight is 286 g/mol. The fourth-order valence-corrected chi connectivity index (χ4v) is 2.32. The van der Waals surface area contributed by atoms with E-state index >= 15 is 0 Å². The van der Waals surface area contributed by atoms with Crippen LogP contribution in [0.2, 0.25) is 0 Å². The Balaban J connectivity index is 2.67. The normalized spacial score (nSPS) is 10.0. The lowest BCUT2D eigenvalue weighted by atomic mass is 9.94. The molecule has 17 heavy (non-hydrogen) atoms. The van der Waals surface area contributed by atoms with E-state index < -0.39 is 0 Å². The minimum absolute atomic E-state index is 0.741. The van der Waals surface area contributed by atoms with Crippen LogP contribution in [0.1, 0.15) is 16.7 Å². The molecule has 0 radical (unpaired) electrons. The third-order valence-corrected chi connectivity index (χ3v) is 3.26. The predicted molar refractivity (Wildman–Crippen MR) is 73.8 cm³/mol. The van der Waals surface area contributed by atoms with E-state index in [9.17, 15) is 5.26 Å². The summed E-state index contributed by atoms with van der Waals surface area (Å²) in [6, 6.07) is 14.4.